The summed E-state index contributed by atoms with van der Waals surface area (Å²) >= 11 is 0. The van der Waals surface area contributed by atoms with Crippen LogP contribution in [0.1, 0.15) is 20.8 Å². The Bertz CT molecular complexity index is 301. The van der Waals surface area contributed by atoms with Crippen molar-refractivity contribution in [2.24, 2.45) is 0 Å². The van der Waals surface area contributed by atoms with Crippen molar-refractivity contribution in [2.45, 2.75) is 26.8 Å². The van der Waals surface area contributed by atoms with Gasteiger partial charge >= 0.3 is 0 Å². The van der Waals surface area contributed by atoms with E-state index in [4.69, 9.17) is 4.74 Å². The lowest BCUT2D eigenvalue weighted by Gasteiger charge is -2.21. The fourth-order valence-electron chi connectivity index (χ4n) is 1.75. The van der Waals surface area contributed by atoms with Crippen molar-refractivity contribution in [3.63, 3.8) is 0 Å². The largest absolute Gasteiger partial charge is 0.492 e. The van der Waals surface area contributed by atoms with Gasteiger partial charge in [0.1, 0.15) is 12.4 Å². The molecule has 0 amide bonds. The lowest BCUT2D eigenvalue weighted by molar-refractivity contribution is 0.215. The summed E-state index contributed by atoms with van der Waals surface area (Å²) in [6.45, 7) is 11.5. The second-order valence-electron chi connectivity index (χ2n) is 4.70. The highest BCUT2D eigenvalue weighted by Gasteiger charge is 2.02. The van der Waals surface area contributed by atoms with Crippen molar-refractivity contribution >= 4 is 0 Å². The van der Waals surface area contributed by atoms with Crippen molar-refractivity contribution in [1.82, 2.24) is 10.2 Å². The molecule has 102 valence electrons. The van der Waals surface area contributed by atoms with Gasteiger partial charge in [0.25, 0.3) is 0 Å². The average Bonchev–Trinajstić information content (AvgIpc) is 2.38. The second kappa shape index (κ2) is 8.95. The maximum Gasteiger partial charge on any atom is 0.119 e. The topological polar surface area (TPSA) is 24.5 Å². The highest BCUT2D eigenvalue weighted by molar-refractivity contribution is 5.20. The van der Waals surface area contributed by atoms with Gasteiger partial charge in [0.2, 0.25) is 0 Å². The minimum absolute atomic E-state index is 0.560. The minimum Gasteiger partial charge on any atom is -0.492 e. The van der Waals surface area contributed by atoms with Gasteiger partial charge in [0, 0.05) is 25.7 Å². The van der Waals surface area contributed by atoms with Gasteiger partial charge in [0.05, 0.1) is 0 Å². The number of nitrogens with zero attached hydrogens (tertiary/aromatic N) is 1. The molecule has 0 fully saturated rings. The summed E-state index contributed by atoms with van der Waals surface area (Å²) < 4.78 is 5.70. The summed E-state index contributed by atoms with van der Waals surface area (Å²) in [7, 11) is 0. The van der Waals surface area contributed by atoms with E-state index in [0.717, 1.165) is 38.5 Å². The Kier molecular flexibility index (Phi) is 7.46. The molecule has 0 saturated carbocycles. The molecule has 0 spiro atoms. The Morgan fingerprint density at radius 3 is 2.50 bits per heavy atom. The van der Waals surface area contributed by atoms with E-state index in [1.54, 1.807) is 0 Å². The maximum atomic E-state index is 5.70. The van der Waals surface area contributed by atoms with Crippen molar-refractivity contribution in [3.05, 3.63) is 30.3 Å². The number of ether oxygens (including phenoxy) is 1. The van der Waals surface area contributed by atoms with Gasteiger partial charge in [-0.3, -0.25) is 4.90 Å². The van der Waals surface area contributed by atoms with Crippen molar-refractivity contribution in [2.75, 3.05) is 32.8 Å². The number of benzene rings is 1. The third-order valence-corrected chi connectivity index (χ3v) is 2.85. The third-order valence-electron chi connectivity index (χ3n) is 2.85. The number of rotatable bonds is 9. The predicted octanol–water partition coefficient (Wildman–Crippen LogP) is 2.39. The van der Waals surface area contributed by atoms with Crippen molar-refractivity contribution in [1.29, 1.82) is 0 Å². The minimum atomic E-state index is 0.560. The molecule has 18 heavy (non-hydrogen) atoms. The van der Waals surface area contributed by atoms with Crippen LogP contribution in [0.25, 0.3) is 0 Å². The Hall–Kier alpha value is -1.06. The van der Waals surface area contributed by atoms with Crippen LogP contribution in [0, 0.1) is 0 Å². The average molecular weight is 250 g/mol. The molecule has 0 heterocycles. The molecule has 0 atom stereocenters. The second-order valence-corrected chi connectivity index (χ2v) is 4.70. The zero-order valence-electron chi connectivity index (χ0n) is 11.9. The molecular formula is C15H26N2O. The van der Waals surface area contributed by atoms with E-state index in [9.17, 15) is 0 Å². The standard InChI is InChI=1S/C15H26N2O/c1-4-17(11-10-16-14(2)3)12-13-18-15-8-6-5-7-9-15/h5-9,14,16H,4,10-13H2,1-3H3. The van der Waals surface area contributed by atoms with Crippen LogP contribution < -0.4 is 10.1 Å². The first-order valence-electron chi connectivity index (χ1n) is 6.86. The smallest absolute Gasteiger partial charge is 0.119 e. The normalized spacial score (nSPS) is 11.2. The fourth-order valence-corrected chi connectivity index (χ4v) is 1.75. The quantitative estimate of drug-likeness (QED) is 0.728. The highest BCUT2D eigenvalue weighted by Crippen LogP contribution is 2.07. The Morgan fingerprint density at radius 2 is 1.89 bits per heavy atom. The van der Waals surface area contributed by atoms with E-state index >= 15 is 0 Å². The molecule has 0 bridgehead atoms. The van der Waals surface area contributed by atoms with E-state index in [0.29, 0.717) is 6.04 Å². The van der Waals surface area contributed by atoms with Gasteiger partial charge in [-0.2, -0.15) is 0 Å². The van der Waals surface area contributed by atoms with Gasteiger partial charge in [-0.25, -0.2) is 0 Å². The predicted molar refractivity (Wildman–Crippen MR) is 77.2 cm³/mol. The molecule has 1 aromatic carbocycles. The highest BCUT2D eigenvalue weighted by atomic mass is 16.5. The SMILES string of the molecule is CCN(CCNC(C)C)CCOc1ccccc1. The van der Waals surface area contributed by atoms with E-state index in [-0.39, 0.29) is 0 Å². The lowest BCUT2D eigenvalue weighted by Crippen LogP contribution is -2.36. The molecule has 0 aliphatic heterocycles. The number of hydrogen-bond donors (Lipinski definition) is 1. The van der Waals surface area contributed by atoms with E-state index in [1.807, 2.05) is 30.3 Å². The molecule has 1 aromatic rings. The summed E-state index contributed by atoms with van der Waals surface area (Å²) in [4.78, 5) is 2.40. The van der Waals surface area contributed by atoms with Gasteiger partial charge in [-0.05, 0) is 18.7 Å². The van der Waals surface area contributed by atoms with Gasteiger partial charge in [-0.15, -0.1) is 0 Å². The number of likely N-dealkylation sites (N-methyl/N-ethyl adjacent to an activating group) is 1. The van der Waals surface area contributed by atoms with Gasteiger partial charge in [-0.1, -0.05) is 39.0 Å². The zero-order valence-corrected chi connectivity index (χ0v) is 11.9. The molecule has 1 rings (SSSR count). The summed E-state index contributed by atoms with van der Waals surface area (Å²) in [5, 5.41) is 3.44. The zero-order chi connectivity index (χ0) is 13.2. The molecule has 3 nitrogen and oxygen atoms in total. The summed E-state index contributed by atoms with van der Waals surface area (Å²) in [5.41, 5.74) is 0. The number of para-hydroxylation sites is 1. The van der Waals surface area contributed by atoms with E-state index < -0.39 is 0 Å². The summed E-state index contributed by atoms with van der Waals surface area (Å²) in [6.07, 6.45) is 0. The lowest BCUT2D eigenvalue weighted by atomic mass is 10.3. The molecule has 0 saturated heterocycles. The third kappa shape index (κ3) is 6.62. The number of hydrogen-bond acceptors (Lipinski definition) is 3. The Labute approximate surface area is 111 Å². The van der Waals surface area contributed by atoms with Gasteiger partial charge in [0.15, 0.2) is 0 Å². The Balaban J connectivity index is 2.15. The molecule has 0 radical (unpaired) electrons. The van der Waals surface area contributed by atoms with Crippen LogP contribution in [0.15, 0.2) is 30.3 Å². The van der Waals surface area contributed by atoms with Crippen LogP contribution in [-0.4, -0.2) is 43.7 Å². The maximum absolute atomic E-state index is 5.70. The van der Waals surface area contributed by atoms with Crippen LogP contribution >= 0.6 is 0 Å². The number of nitrogens with one attached hydrogen (secondary N) is 1. The monoisotopic (exact) mass is 250 g/mol. The van der Waals surface area contributed by atoms with Crippen LogP contribution in [0.2, 0.25) is 0 Å². The summed E-state index contributed by atoms with van der Waals surface area (Å²) in [5.74, 6) is 0.953. The molecular weight excluding hydrogens is 224 g/mol. The van der Waals surface area contributed by atoms with Gasteiger partial charge < -0.3 is 10.1 Å². The molecule has 3 heteroatoms. The molecule has 0 aliphatic rings. The molecule has 0 aliphatic carbocycles. The van der Waals surface area contributed by atoms with Crippen LogP contribution in [0.4, 0.5) is 0 Å². The van der Waals surface area contributed by atoms with Crippen LogP contribution in [0.5, 0.6) is 5.75 Å². The van der Waals surface area contributed by atoms with Crippen LogP contribution in [-0.2, 0) is 0 Å². The first kappa shape index (κ1) is 15.0. The first-order valence-corrected chi connectivity index (χ1v) is 6.86. The fraction of sp³-hybridized carbons (Fsp3) is 0.600. The van der Waals surface area contributed by atoms with Crippen molar-refractivity contribution < 1.29 is 4.74 Å². The van der Waals surface area contributed by atoms with E-state index in [2.05, 4.69) is 31.0 Å². The van der Waals surface area contributed by atoms with E-state index in [1.165, 1.54) is 0 Å². The molecule has 0 aromatic heterocycles. The Morgan fingerprint density at radius 1 is 1.17 bits per heavy atom. The summed E-state index contributed by atoms with van der Waals surface area (Å²) in [6, 6.07) is 10.6. The van der Waals surface area contributed by atoms with Crippen LogP contribution in [0.3, 0.4) is 0 Å². The molecule has 0 unspecified atom stereocenters. The van der Waals surface area contributed by atoms with Crippen molar-refractivity contribution in [3.8, 4) is 5.75 Å². The first-order chi connectivity index (χ1) is 8.72. The molecule has 1 N–H and O–H groups in total.